The van der Waals surface area contributed by atoms with Crippen LogP contribution in [0.5, 0.6) is 11.5 Å². The van der Waals surface area contributed by atoms with Crippen LogP contribution in [-0.2, 0) is 5.60 Å². The van der Waals surface area contributed by atoms with Crippen LogP contribution >= 0.6 is 11.6 Å². The molecule has 0 spiro atoms. The van der Waals surface area contributed by atoms with Crippen LogP contribution in [0.25, 0.3) is 0 Å². The zero-order valence-corrected chi connectivity index (χ0v) is 10.2. The lowest BCUT2D eigenvalue weighted by molar-refractivity contribution is 0.0783. The molecule has 1 N–H and O–H groups in total. The molecule has 1 aliphatic rings. The zero-order valence-electron chi connectivity index (χ0n) is 9.42. The minimum Gasteiger partial charge on any atom is -0.490 e. The third kappa shape index (κ3) is 2.11. The van der Waals surface area contributed by atoms with E-state index in [2.05, 4.69) is 0 Å². The van der Waals surface area contributed by atoms with Crippen molar-refractivity contribution in [3.05, 3.63) is 22.7 Å². The van der Waals surface area contributed by atoms with Crippen LogP contribution in [0.15, 0.2) is 12.1 Å². The van der Waals surface area contributed by atoms with Crippen molar-refractivity contribution < 1.29 is 14.6 Å². The van der Waals surface area contributed by atoms with Crippen LogP contribution in [0.1, 0.15) is 25.8 Å². The maximum atomic E-state index is 9.96. The molecule has 0 amide bonds. The molecule has 0 aromatic heterocycles. The van der Waals surface area contributed by atoms with Crippen molar-refractivity contribution in [3.8, 4) is 11.5 Å². The average Bonchev–Trinajstić information content (AvgIpc) is 2.41. The lowest BCUT2D eigenvalue weighted by atomic mass is 9.98. The van der Waals surface area contributed by atoms with Crippen LogP contribution in [0.3, 0.4) is 0 Å². The van der Waals surface area contributed by atoms with Crippen molar-refractivity contribution in [3.63, 3.8) is 0 Å². The fourth-order valence-corrected chi connectivity index (χ4v) is 2.12. The van der Waals surface area contributed by atoms with Crippen molar-refractivity contribution in [2.45, 2.75) is 25.9 Å². The molecule has 1 aliphatic heterocycles. The van der Waals surface area contributed by atoms with E-state index in [4.69, 9.17) is 21.1 Å². The van der Waals surface area contributed by atoms with E-state index in [0.717, 1.165) is 6.42 Å². The van der Waals surface area contributed by atoms with Crippen molar-refractivity contribution >= 4 is 11.6 Å². The van der Waals surface area contributed by atoms with Gasteiger partial charge in [-0.25, -0.2) is 0 Å². The van der Waals surface area contributed by atoms with E-state index in [1.807, 2.05) is 0 Å². The van der Waals surface area contributed by atoms with Crippen LogP contribution < -0.4 is 9.47 Å². The number of ether oxygens (including phenoxy) is 2. The van der Waals surface area contributed by atoms with Crippen LogP contribution in [0.2, 0.25) is 5.02 Å². The second-order valence-electron chi connectivity index (χ2n) is 4.36. The van der Waals surface area contributed by atoms with Crippen molar-refractivity contribution in [1.29, 1.82) is 0 Å². The van der Waals surface area contributed by atoms with E-state index in [0.29, 0.717) is 35.3 Å². The Morgan fingerprint density at radius 1 is 1.25 bits per heavy atom. The molecule has 16 heavy (non-hydrogen) atoms. The first kappa shape index (κ1) is 11.6. The average molecular weight is 243 g/mol. The Hall–Kier alpha value is -0.930. The van der Waals surface area contributed by atoms with Gasteiger partial charge < -0.3 is 14.6 Å². The van der Waals surface area contributed by atoms with Gasteiger partial charge in [0.15, 0.2) is 11.5 Å². The monoisotopic (exact) mass is 242 g/mol. The first-order chi connectivity index (χ1) is 7.50. The van der Waals surface area contributed by atoms with E-state index in [1.165, 1.54) is 0 Å². The summed E-state index contributed by atoms with van der Waals surface area (Å²) in [5.41, 5.74) is -0.333. The van der Waals surface area contributed by atoms with Gasteiger partial charge in [0.25, 0.3) is 0 Å². The molecule has 2 rings (SSSR count). The molecule has 0 saturated heterocycles. The largest absolute Gasteiger partial charge is 0.490 e. The predicted molar refractivity (Wildman–Crippen MR) is 62.3 cm³/mol. The molecule has 1 aromatic carbocycles. The minimum absolute atomic E-state index is 0.437. The second kappa shape index (κ2) is 4.15. The first-order valence-corrected chi connectivity index (χ1v) is 5.69. The van der Waals surface area contributed by atoms with Crippen LogP contribution in [0.4, 0.5) is 0 Å². The van der Waals surface area contributed by atoms with E-state index in [-0.39, 0.29) is 0 Å². The lowest BCUT2D eigenvalue weighted by Crippen LogP contribution is -2.16. The summed E-state index contributed by atoms with van der Waals surface area (Å²) < 4.78 is 11.1. The molecular formula is C12H15ClO3. The van der Waals surface area contributed by atoms with E-state index in [9.17, 15) is 5.11 Å². The van der Waals surface area contributed by atoms with Gasteiger partial charge in [0.1, 0.15) is 0 Å². The Morgan fingerprint density at radius 3 is 2.62 bits per heavy atom. The number of halogens is 1. The molecule has 88 valence electrons. The fraction of sp³-hybridized carbons (Fsp3) is 0.500. The van der Waals surface area contributed by atoms with Crippen LogP contribution in [0, 0.1) is 0 Å². The smallest absolute Gasteiger partial charge is 0.180 e. The SMILES string of the molecule is CC(C)(O)c1ccc2c(c1Cl)OCCCO2. The third-order valence-corrected chi connectivity index (χ3v) is 2.89. The molecule has 3 nitrogen and oxygen atoms in total. The Bertz CT molecular complexity index is 396. The fourth-order valence-electron chi connectivity index (χ4n) is 1.67. The summed E-state index contributed by atoms with van der Waals surface area (Å²) >= 11 is 6.22. The third-order valence-electron chi connectivity index (χ3n) is 2.51. The summed E-state index contributed by atoms with van der Waals surface area (Å²) in [5.74, 6) is 1.19. The van der Waals surface area contributed by atoms with E-state index in [1.54, 1.807) is 26.0 Å². The Labute approximate surface area is 99.9 Å². The number of rotatable bonds is 1. The summed E-state index contributed by atoms with van der Waals surface area (Å²) in [6, 6.07) is 3.57. The molecule has 0 unspecified atom stereocenters. The highest BCUT2D eigenvalue weighted by molar-refractivity contribution is 6.33. The molecule has 0 radical (unpaired) electrons. The normalized spacial score (nSPS) is 15.8. The van der Waals surface area contributed by atoms with Crippen molar-refractivity contribution in [2.75, 3.05) is 13.2 Å². The molecule has 0 atom stereocenters. The van der Waals surface area contributed by atoms with Gasteiger partial charge in [0.2, 0.25) is 0 Å². The maximum absolute atomic E-state index is 9.96. The lowest BCUT2D eigenvalue weighted by Gasteiger charge is -2.21. The minimum atomic E-state index is -0.984. The molecule has 1 aromatic rings. The highest BCUT2D eigenvalue weighted by atomic mass is 35.5. The highest BCUT2D eigenvalue weighted by Gasteiger charge is 2.25. The van der Waals surface area contributed by atoms with Gasteiger partial charge in [-0.3, -0.25) is 0 Å². The summed E-state index contributed by atoms with van der Waals surface area (Å²) in [4.78, 5) is 0. The van der Waals surface area contributed by atoms with Crippen molar-refractivity contribution in [1.82, 2.24) is 0 Å². The van der Waals surface area contributed by atoms with Gasteiger partial charge in [-0.05, 0) is 19.9 Å². The molecule has 4 heteroatoms. The van der Waals surface area contributed by atoms with Gasteiger partial charge >= 0.3 is 0 Å². The zero-order chi connectivity index (χ0) is 11.8. The number of hydrogen-bond acceptors (Lipinski definition) is 3. The molecule has 0 saturated carbocycles. The van der Waals surface area contributed by atoms with E-state index < -0.39 is 5.60 Å². The Balaban J connectivity index is 2.50. The van der Waals surface area contributed by atoms with Gasteiger partial charge in [-0.2, -0.15) is 0 Å². The number of hydrogen-bond donors (Lipinski definition) is 1. The topological polar surface area (TPSA) is 38.7 Å². The summed E-state index contributed by atoms with van der Waals surface area (Å²) in [6.45, 7) is 4.60. The summed E-state index contributed by atoms with van der Waals surface area (Å²) in [6.07, 6.45) is 0.836. The van der Waals surface area contributed by atoms with E-state index >= 15 is 0 Å². The predicted octanol–water partition coefficient (Wildman–Crippen LogP) is 2.73. The summed E-state index contributed by atoms with van der Waals surface area (Å²) in [5, 5.41) is 10.4. The number of aliphatic hydroxyl groups is 1. The second-order valence-corrected chi connectivity index (χ2v) is 4.74. The molecule has 0 aliphatic carbocycles. The van der Waals surface area contributed by atoms with Crippen LogP contribution in [-0.4, -0.2) is 18.3 Å². The number of benzene rings is 1. The standard InChI is InChI=1S/C12H15ClO3/c1-12(2,14)8-4-5-9-11(10(8)13)16-7-3-6-15-9/h4-5,14H,3,6-7H2,1-2H3. The molecule has 1 heterocycles. The Kier molecular flexibility index (Phi) is 3.00. The molecular weight excluding hydrogens is 228 g/mol. The maximum Gasteiger partial charge on any atom is 0.180 e. The van der Waals surface area contributed by atoms with Crippen molar-refractivity contribution in [2.24, 2.45) is 0 Å². The Morgan fingerprint density at radius 2 is 1.94 bits per heavy atom. The quantitative estimate of drug-likeness (QED) is 0.823. The highest BCUT2D eigenvalue weighted by Crippen LogP contribution is 2.42. The molecule has 0 fully saturated rings. The molecule has 0 bridgehead atoms. The van der Waals surface area contributed by atoms with Gasteiger partial charge in [-0.15, -0.1) is 0 Å². The summed E-state index contributed by atoms with van der Waals surface area (Å²) in [7, 11) is 0. The number of fused-ring (bicyclic) bond motifs is 1. The van der Waals surface area contributed by atoms with Gasteiger partial charge in [0, 0.05) is 12.0 Å². The van der Waals surface area contributed by atoms with Gasteiger partial charge in [-0.1, -0.05) is 17.7 Å². The van der Waals surface area contributed by atoms with Gasteiger partial charge in [0.05, 0.1) is 23.8 Å². The first-order valence-electron chi connectivity index (χ1n) is 5.31.